The Hall–Kier alpha value is -2.83. The Morgan fingerprint density at radius 1 is 0.964 bits per heavy atom. The maximum atomic E-state index is 12.4. The quantitative estimate of drug-likeness (QED) is 0.281. The first-order valence-electron chi connectivity index (χ1n) is 9.19. The van der Waals surface area contributed by atoms with Crippen molar-refractivity contribution < 1.29 is 14.3 Å². The monoisotopic (exact) mass is 440 g/mol. The van der Waals surface area contributed by atoms with Gasteiger partial charge in [-0.15, -0.1) is 0 Å². The minimum Gasteiger partial charge on any atom is -0.492 e. The highest BCUT2D eigenvalue weighted by Gasteiger charge is 2.19. The highest BCUT2D eigenvalue weighted by atomic mass is 79.9. The lowest BCUT2D eigenvalue weighted by molar-refractivity contribution is 0.0733. The molecule has 0 amide bonds. The van der Waals surface area contributed by atoms with Crippen molar-refractivity contribution in [1.29, 1.82) is 10.5 Å². The molecule has 0 atom stereocenters. The van der Waals surface area contributed by atoms with Gasteiger partial charge in [0, 0.05) is 4.47 Å². The molecule has 0 saturated heterocycles. The van der Waals surface area contributed by atoms with Crippen molar-refractivity contribution >= 4 is 21.9 Å². The van der Waals surface area contributed by atoms with Crippen LogP contribution in [0.25, 0.3) is 0 Å². The number of ether oxygens (including phenoxy) is 2. The van der Waals surface area contributed by atoms with E-state index in [1.165, 1.54) is 18.9 Å². The summed E-state index contributed by atoms with van der Waals surface area (Å²) >= 11 is 3.30. The highest BCUT2D eigenvalue weighted by Crippen LogP contribution is 2.31. The third-order valence-corrected chi connectivity index (χ3v) is 4.85. The second-order valence-corrected chi connectivity index (χ2v) is 7.02. The van der Waals surface area contributed by atoms with Gasteiger partial charge in [-0.3, -0.25) is 0 Å². The summed E-state index contributed by atoms with van der Waals surface area (Å²) in [4.78, 5) is 12.4. The minimum absolute atomic E-state index is 0.00798. The van der Waals surface area contributed by atoms with Crippen LogP contribution in [-0.4, -0.2) is 12.6 Å². The van der Waals surface area contributed by atoms with Crippen LogP contribution in [-0.2, 0) is 0 Å². The molecule has 2 aromatic carbocycles. The first-order valence-corrected chi connectivity index (χ1v) is 9.98. The van der Waals surface area contributed by atoms with Gasteiger partial charge in [-0.2, -0.15) is 10.5 Å². The molecule has 0 aliphatic rings. The molecule has 0 aliphatic carbocycles. The summed E-state index contributed by atoms with van der Waals surface area (Å²) in [7, 11) is 0. The number of halogens is 1. The van der Waals surface area contributed by atoms with Crippen molar-refractivity contribution in [1.82, 2.24) is 0 Å². The predicted molar refractivity (Wildman–Crippen MR) is 109 cm³/mol. The van der Waals surface area contributed by atoms with Gasteiger partial charge in [0.1, 0.15) is 29.0 Å². The third-order valence-electron chi connectivity index (χ3n) is 4.15. The van der Waals surface area contributed by atoms with Gasteiger partial charge in [0.05, 0.1) is 12.2 Å². The average Bonchev–Trinajstić information content (AvgIpc) is 2.71. The van der Waals surface area contributed by atoms with E-state index in [2.05, 4.69) is 22.9 Å². The second kappa shape index (κ2) is 11.1. The Bertz CT molecular complexity index is 913. The fraction of sp³-hybridized carbons (Fsp3) is 0.318. The number of hydrogen-bond donors (Lipinski definition) is 0. The third kappa shape index (κ3) is 5.58. The topological polar surface area (TPSA) is 83.1 Å². The van der Waals surface area contributed by atoms with E-state index in [9.17, 15) is 15.3 Å². The summed E-state index contributed by atoms with van der Waals surface area (Å²) in [6, 6.07) is 13.8. The van der Waals surface area contributed by atoms with E-state index in [0.29, 0.717) is 22.4 Å². The summed E-state index contributed by atoms with van der Waals surface area (Å²) in [6.07, 6.45) is 5.46. The summed E-state index contributed by atoms with van der Waals surface area (Å²) in [5.41, 5.74) is 0.400. The van der Waals surface area contributed by atoms with Gasteiger partial charge >= 0.3 is 5.97 Å². The molecular formula is C22H21BrN2O3. The molecule has 6 heteroatoms. The van der Waals surface area contributed by atoms with Gasteiger partial charge in [-0.1, -0.05) is 44.7 Å². The van der Waals surface area contributed by atoms with Crippen LogP contribution in [0.2, 0.25) is 0 Å². The molecule has 0 aliphatic heterocycles. The minimum atomic E-state index is -0.613. The highest BCUT2D eigenvalue weighted by molar-refractivity contribution is 9.10. The second-order valence-electron chi connectivity index (χ2n) is 6.17. The number of carbonyl (C=O) groups is 1. The molecule has 0 spiro atoms. The Labute approximate surface area is 173 Å². The zero-order chi connectivity index (χ0) is 20.4. The van der Waals surface area contributed by atoms with Crippen LogP contribution in [0.4, 0.5) is 0 Å². The van der Waals surface area contributed by atoms with Gasteiger partial charge in [-0.05, 0) is 46.6 Å². The molecular weight excluding hydrogens is 420 g/mol. The van der Waals surface area contributed by atoms with E-state index in [1.807, 2.05) is 12.1 Å². The fourth-order valence-electron chi connectivity index (χ4n) is 2.66. The number of esters is 1. The standard InChI is InChI=1S/C22H21BrN2O3/c1-2-3-4-5-8-13-27-20-11-12-21(18(15-25)17(20)14-24)28-22(26)16-9-6-7-10-19(16)23/h6-7,9-12H,2-5,8,13H2,1H3. The molecule has 0 radical (unpaired) electrons. The van der Waals surface area contributed by atoms with Crippen LogP contribution in [0, 0.1) is 22.7 Å². The summed E-state index contributed by atoms with van der Waals surface area (Å²) in [6.45, 7) is 2.63. The fourth-order valence-corrected chi connectivity index (χ4v) is 3.11. The van der Waals surface area contributed by atoms with Crippen LogP contribution in [0.1, 0.15) is 60.5 Å². The van der Waals surface area contributed by atoms with Crippen molar-refractivity contribution in [2.24, 2.45) is 0 Å². The predicted octanol–water partition coefficient (Wildman–Crippen LogP) is 5.76. The maximum absolute atomic E-state index is 12.4. The lowest BCUT2D eigenvalue weighted by Gasteiger charge is -2.12. The normalized spacial score (nSPS) is 10.0. The molecule has 0 unspecified atom stereocenters. The van der Waals surface area contributed by atoms with E-state index in [1.54, 1.807) is 30.3 Å². The SMILES string of the molecule is CCCCCCCOc1ccc(OC(=O)c2ccccc2Br)c(C#N)c1C#N. The van der Waals surface area contributed by atoms with E-state index >= 15 is 0 Å². The van der Waals surface area contributed by atoms with Crippen molar-refractivity contribution in [3.8, 4) is 23.6 Å². The average molecular weight is 441 g/mol. The number of carbonyl (C=O) groups excluding carboxylic acids is 1. The van der Waals surface area contributed by atoms with Crippen molar-refractivity contribution in [2.75, 3.05) is 6.61 Å². The summed E-state index contributed by atoms with van der Waals surface area (Å²) in [5.74, 6) is -0.247. The van der Waals surface area contributed by atoms with Crippen molar-refractivity contribution in [3.05, 3.63) is 57.6 Å². The van der Waals surface area contributed by atoms with E-state index in [-0.39, 0.29) is 16.9 Å². The van der Waals surface area contributed by atoms with Crippen LogP contribution in [0.15, 0.2) is 40.9 Å². The van der Waals surface area contributed by atoms with Gasteiger partial charge in [-0.25, -0.2) is 4.79 Å². The number of nitriles is 2. The zero-order valence-electron chi connectivity index (χ0n) is 15.7. The Morgan fingerprint density at radius 3 is 2.29 bits per heavy atom. The Balaban J connectivity index is 2.15. The van der Waals surface area contributed by atoms with Gasteiger partial charge in [0.15, 0.2) is 5.75 Å². The first-order chi connectivity index (χ1) is 13.6. The van der Waals surface area contributed by atoms with E-state index < -0.39 is 5.97 Å². The lowest BCUT2D eigenvalue weighted by atomic mass is 10.1. The molecule has 0 aromatic heterocycles. The molecule has 2 rings (SSSR count). The molecule has 2 aromatic rings. The first kappa shape index (κ1) is 21.5. The number of unbranched alkanes of at least 4 members (excludes halogenated alkanes) is 4. The van der Waals surface area contributed by atoms with Crippen molar-refractivity contribution in [2.45, 2.75) is 39.0 Å². The lowest BCUT2D eigenvalue weighted by Crippen LogP contribution is -2.11. The van der Waals surface area contributed by atoms with Crippen LogP contribution >= 0.6 is 15.9 Å². The molecule has 144 valence electrons. The molecule has 0 heterocycles. The largest absolute Gasteiger partial charge is 0.492 e. The molecule has 28 heavy (non-hydrogen) atoms. The van der Waals surface area contributed by atoms with Gasteiger partial charge < -0.3 is 9.47 Å². The molecule has 0 fully saturated rings. The van der Waals surface area contributed by atoms with E-state index in [0.717, 1.165) is 19.3 Å². The Kier molecular flexibility index (Phi) is 8.52. The van der Waals surface area contributed by atoms with Gasteiger partial charge in [0.25, 0.3) is 0 Å². The molecule has 0 N–H and O–H groups in total. The van der Waals surface area contributed by atoms with E-state index in [4.69, 9.17) is 9.47 Å². The summed E-state index contributed by atoms with van der Waals surface area (Å²) in [5, 5.41) is 19.0. The van der Waals surface area contributed by atoms with Crippen LogP contribution in [0.5, 0.6) is 11.5 Å². The van der Waals surface area contributed by atoms with Crippen LogP contribution < -0.4 is 9.47 Å². The summed E-state index contributed by atoms with van der Waals surface area (Å²) < 4.78 is 11.7. The Morgan fingerprint density at radius 2 is 1.61 bits per heavy atom. The number of hydrogen-bond acceptors (Lipinski definition) is 5. The number of nitrogens with zero attached hydrogens (tertiary/aromatic N) is 2. The number of benzene rings is 2. The maximum Gasteiger partial charge on any atom is 0.344 e. The molecule has 5 nitrogen and oxygen atoms in total. The van der Waals surface area contributed by atoms with Crippen molar-refractivity contribution in [3.63, 3.8) is 0 Å². The molecule has 0 bridgehead atoms. The number of rotatable bonds is 9. The smallest absolute Gasteiger partial charge is 0.344 e. The molecule has 0 saturated carbocycles. The zero-order valence-corrected chi connectivity index (χ0v) is 17.3. The van der Waals surface area contributed by atoms with Crippen LogP contribution in [0.3, 0.4) is 0 Å². The van der Waals surface area contributed by atoms with Gasteiger partial charge in [0.2, 0.25) is 0 Å².